The zero-order chi connectivity index (χ0) is 13.9. The average Bonchev–Trinajstić information content (AvgIpc) is 2.19. The van der Waals surface area contributed by atoms with Crippen molar-refractivity contribution in [1.82, 2.24) is 4.98 Å². The Balaban J connectivity index is 3.30. The number of alkyl halides is 3. The van der Waals surface area contributed by atoms with Gasteiger partial charge in [-0.3, -0.25) is 10.1 Å². The summed E-state index contributed by atoms with van der Waals surface area (Å²) in [4.78, 5) is 12.0. The van der Waals surface area contributed by atoms with Crippen molar-refractivity contribution in [2.45, 2.75) is 12.8 Å². The van der Waals surface area contributed by atoms with Crippen LogP contribution < -0.4 is 4.74 Å². The Hall–Kier alpha value is -2.44. The van der Waals surface area contributed by atoms with E-state index in [0.717, 1.165) is 0 Å². The highest BCUT2D eigenvalue weighted by molar-refractivity contribution is 5.44. The molecule has 1 aromatic rings. The zero-order valence-corrected chi connectivity index (χ0v) is 8.36. The highest BCUT2D eigenvalue weighted by atomic mass is 19.4. The maximum atomic E-state index is 13.1. The van der Waals surface area contributed by atoms with E-state index < -0.39 is 40.8 Å². The number of hydrogen-bond acceptors (Lipinski definition) is 5. The Kier molecular flexibility index (Phi) is 3.65. The first kappa shape index (κ1) is 13.6. The lowest BCUT2D eigenvalue weighted by atomic mass is 10.2. The molecule has 0 unspecified atom stereocenters. The number of aromatic nitrogens is 1. The van der Waals surface area contributed by atoms with Crippen LogP contribution in [0.3, 0.4) is 0 Å². The topological polar surface area (TPSA) is 89.0 Å². The van der Waals surface area contributed by atoms with Crippen LogP contribution in [0, 0.1) is 27.4 Å². The Bertz CT molecular complexity index is 524. The molecule has 96 valence electrons. The van der Waals surface area contributed by atoms with E-state index in [4.69, 9.17) is 5.26 Å². The highest BCUT2D eigenvalue weighted by Crippen LogP contribution is 2.31. The second-order valence-corrected chi connectivity index (χ2v) is 2.90. The average molecular weight is 265 g/mol. The van der Waals surface area contributed by atoms with Gasteiger partial charge < -0.3 is 4.74 Å². The van der Waals surface area contributed by atoms with E-state index in [-0.39, 0.29) is 0 Å². The third kappa shape index (κ3) is 3.27. The fraction of sp³-hybridized carbons (Fsp3) is 0.250. The number of nitro groups is 1. The Morgan fingerprint density at radius 1 is 1.56 bits per heavy atom. The molecule has 1 heterocycles. The minimum atomic E-state index is -5.24. The number of ether oxygens (including phenoxy) is 1. The van der Waals surface area contributed by atoms with Crippen LogP contribution in [0.5, 0.6) is 5.88 Å². The molecule has 0 radical (unpaired) electrons. The molecule has 18 heavy (non-hydrogen) atoms. The van der Waals surface area contributed by atoms with Crippen molar-refractivity contribution in [1.29, 1.82) is 5.26 Å². The molecule has 0 N–H and O–H groups in total. The van der Waals surface area contributed by atoms with Crippen molar-refractivity contribution in [2.24, 2.45) is 0 Å². The summed E-state index contributed by atoms with van der Waals surface area (Å²) in [5, 5.41) is 18.8. The van der Waals surface area contributed by atoms with Gasteiger partial charge in [-0.1, -0.05) is 0 Å². The summed E-state index contributed by atoms with van der Waals surface area (Å²) in [6.45, 7) is 0. The molecule has 0 bridgehead atoms. The molecular weight excluding hydrogens is 262 g/mol. The van der Waals surface area contributed by atoms with Crippen LogP contribution in [0.2, 0.25) is 0 Å². The molecule has 0 fully saturated rings. The van der Waals surface area contributed by atoms with Crippen LogP contribution in [0.15, 0.2) is 6.07 Å². The van der Waals surface area contributed by atoms with Crippen molar-refractivity contribution in [3.8, 4) is 11.9 Å². The van der Waals surface area contributed by atoms with Gasteiger partial charge >= 0.3 is 17.9 Å². The predicted octanol–water partition coefficient (Wildman–Crippen LogP) is 2.09. The van der Waals surface area contributed by atoms with Crippen molar-refractivity contribution in [2.75, 3.05) is 0 Å². The predicted molar refractivity (Wildman–Crippen MR) is 46.8 cm³/mol. The van der Waals surface area contributed by atoms with Crippen LogP contribution in [-0.2, 0) is 6.42 Å². The minimum Gasteiger partial charge on any atom is -0.380 e. The van der Waals surface area contributed by atoms with E-state index in [1.54, 1.807) is 0 Å². The van der Waals surface area contributed by atoms with Gasteiger partial charge in [0.2, 0.25) is 5.95 Å². The molecule has 0 saturated carbocycles. The number of pyridine rings is 1. The van der Waals surface area contributed by atoms with E-state index >= 15 is 0 Å². The highest BCUT2D eigenvalue weighted by Gasteiger charge is 2.36. The lowest BCUT2D eigenvalue weighted by Crippen LogP contribution is -2.19. The Labute approximate surface area is 96.6 Å². The fourth-order valence-electron chi connectivity index (χ4n) is 1.03. The summed E-state index contributed by atoms with van der Waals surface area (Å²) in [7, 11) is 0. The molecule has 0 amide bonds. The molecule has 0 aliphatic heterocycles. The van der Waals surface area contributed by atoms with Gasteiger partial charge in [-0.2, -0.15) is 14.6 Å². The number of nitrogens with zero attached hydrogens (tertiary/aromatic N) is 3. The summed E-state index contributed by atoms with van der Waals surface area (Å²) in [6, 6.07) is 1.97. The van der Waals surface area contributed by atoms with Gasteiger partial charge in [0, 0.05) is 11.6 Å². The summed E-state index contributed by atoms with van der Waals surface area (Å²) in [5.74, 6) is -2.94. The molecule has 0 saturated heterocycles. The molecule has 10 heteroatoms. The SMILES string of the molecule is N#CCc1cc([N+](=O)[O-])c(OC(F)(F)F)nc1F. The van der Waals surface area contributed by atoms with Crippen LogP contribution in [0.25, 0.3) is 0 Å². The Morgan fingerprint density at radius 2 is 2.17 bits per heavy atom. The monoisotopic (exact) mass is 265 g/mol. The summed E-state index contributed by atoms with van der Waals surface area (Å²) in [6.07, 6.45) is -5.80. The summed E-state index contributed by atoms with van der Waals surface area (Å²) < 4.78 is 52.1. The third-order valence-corrected chi connectivity index (χ3v) is 1.67. The first-order valence-electron chi connectivity index (χ1n) is 4.21. The van der Waals surface area contributed by atoms with Crippen molar-refractivity contribution >= 4 is 5.69 Å². The molecule has 6 nitrogen and oxygen atoms in total. The standard InChI is InChI=1S/C8H3F4N3O3/c9-6-4(1-2-13)3-5(15(16)17)7(14-6)18-8(10,11)12/h3H,1H2. The molecular formula is C8H3F4N3O3. The van der Waals surface area contributed by atoms with Crippen molar-refractivity contribution < 1.29 is 27.2 Å². The van der Waals surface area contributed by atoms with Gasteiger partial charge in [-0.25, -0.2) is 0 Å². The van der Waals surface area contributed by atoms with E-state index in [1.165, 1.54) is 6.07 Å². The lowest BCUT2D eigenvalue weighted by Gasteiger charge is -2.08. The molecule has 0 aliphatic carbocycles. The van der Waals surface area contributed by atoms with Gasteiger partial charge in [0.1, 0.15) is 0 Å². The van der Waals surface area contributed by atoms with Gasteiger partial charge in [0.05, 0.1) is 17.4 Å². The van der Waals surface area contributed by atoms with Gasteiger partial charge in [0.25, 0.3) is 0 Å². The van der Waals surface area contributed by atoms with Crippen LogP contribution in [-0.4, -0.2) is 16.3 Å². The molecule has 0 aliphatic rings. The Morgan fingerprint density at radius 3 is 2.61 bits per heavy atom. The van der Waals surface area contributed by atoms with E-state index in [1.807, 2.05) is 0 Å². The summed E-state index contributed by atoms with van der Waals surface area (Å²) in [5.41, 5.74) is -1.65. The number of hydrogen-bond donors (Lipinski definition) is 0. The molecule has 1 aromatic heterocycles. The second kappa shape index (κ2) is 4.82. The van der Waals surface area contributed by atoms with Crippen LogP contribution in [0.4, 0.5) is 23.2 Å². The van der Waals surface area contributed by atoms with Crippen molar-refractivity contribution in [3.05, 3.63) is 27.7 Å². The van der Waals surface area contributed by atoms with E-state index in [9.17, 15) is 27.7 Å². The molecule has 0 atom stereocenters. The molecule has 0 aromatic carbocycles. The van der Waals surface area contributed by atoms with Gasteiger partial charge in [0.15, 0.2) is 0 Å². The fourth-order valence-corrected chi connectivity index (χ4v) is 1.03. The third-order valence-electron chi connectivity index (χ3n) is 1.67. The summed E-state index contributed by atoms with van der Waals surface area (Å²) >= 11 is 0. The lowest BCUT2D eigenvalue weighted by molar-refractivity contribution is -0.389. The van der Waals surface area contributed by atoms with Gasteiger partial charge in [-0.15, -0.1) is 13.2 Å². The first-order valence-corrected chi connectivity index (χ1v) is 4.21. The van der Waals surface area contributed by atoms with Crippen LogP contribution in [0.1, 0.15) is 5.56 Å². The van der Waals surface area contributed by atoms with Crippen molar-refractivity contribution in [3.63, 3.8) is 0 Å². The second-order valence-electron chi connectivity index (χ2n) is 2.90. The smallest absolute Gasteiger partial charge is 0.380 e. The van der Waals surface area contributed by atoms with E-state index in [2.05, 4.69) is 9.72 Å². The maximum absolute atomic E-state index is 13.1. The largest absolute Gasteiger partial charge is 0.574 e. The minimum absolute atomic E-state index is 0.479. The maximum Gasteiger partial charge on any atom is 0.574 e. The zero-order valence-electron chi connectivity index (χ0n) is 8.36. The van der Waals surface area contributed by atoms with Gasteiger partial charge in [-0.05, 0) is 0 Å². The van der Waals surface area contributed by atoms with Crippen LogP contribution >= 0.6 is 0 Å². The first-order chi connectivity index (χ1) is 8.24. The molecule has 1 rings (SSSR count). The molecule has 0 spiro atoms. The van der Waals surface area contributed by atoms with E-state index in [0.29, 0.717) is 6.07 Å². The number of rotatable bonds is 3. The normalized spacial score (nSPS) is 10.8. The number of nitriles is 1. The number of halogens is 4. The quantitative estimate of drug-likeness (QED) is 0.361.